The summed E-state index contributed by atoms with van der Waals surface area (Å²) in [5.74, 6) is -0.715. The molecule has 16 heavy (non-hydrogen) atoms. The van der Waals surface area contributed by atoms with Crippen LogP contribution in [-0.4, -0.2) is 26.0 Å². The largest absolute Gasteiger partial charge is 0.476 e. The summed E-state index contributed by atoms with van der Waals surface area (Å²) in [7, 11) is 0. The highest BCUT2D eigenvalue weighted by Crippen LogP contribution is 2.23. The quantitative estimate of drug-likeness (QED) is 0.839. The van der Waals surface area contributed by atoms with Crippen molar-refractivity contribution in [3.05, 3.63) is 34.7 Å². The number of aromatic nitrogens is 3. The molecule has 0 aromatic carbocycles. The smallest absolute Gasteiger partial charge is 0.356 e. The van der Waals surface area contributed by atoms with Crippen molar-refractivity contribution in [2.45, 2.75) is 6.92 Å². The van der Waals surface area contributed by atoms with Crippen molar-refractivity contribution in [1.82, 2.24) is 15.0 Å². The predicted octanol–water partition coefficient (Wildman–Crippen LogP) is 2.13. The van der Waals surface area contributed by atoms with Crippen LogP contribution in [-0.2, 0) is 0 Å². The average molecular weight is 238 g/mol. The third kappa shape index (κ3) is 1.77. The molecule has 0 radical (unpaired) electrons. The van der Waals surface area contributed by atoms with Crippen molar-refractivity contribution in [1.29, 1.82) is 0 Å². The average Bonchev–Trinajstić information content (AvgIpc) is 2.61. The van der Waals surface area contributed by atoms with Gasteiger partial charge in [0.05, 0.1) is 5.02 Å². The minimum absolute atomic E-state index is 0.0169. The first-order valence-electron chi connectivity index (χ1n) is 4.50. The van der Waals surface area contributed by atoms with E-state index in [0.717, 1.165) is 0 Å². The summed E-state index contributed by atoms with van der Waals surface area (Å²) >= 11 is 5.93. The van der Waals surface area contributed by atoms with Crippen LogP contribution in [0.15, 0.2) is 18.3 Å². The number of rotatable bonds is 2. The number of nitrogens with zero attached hydrogens (tertiary/aromatic N) is 2. The molecule has 0 unspecified atom stereocenters. The summed E-state index contributed by atoms with van der Waals surface area (Å²) in [4.78, 5) is 21.6. The number of H-pyrrole nitrogens is 1. The molecule has 2 heterocycles. The Morgan fingerprint density at radius 2 is 2.31 bits per heavy atom. The number of aromatic carboxylic acids is 1. The van der Waals surface area contributed by atoms with Crippen LogP contribution in [0.3, 0.4) is 0 Å². The molecule has 2 N–H and O–H groups in total. The van der Waals surface area contributed by atoms with Gasteiger partial charge in [0.25, 0.3) is 0 Å². The SMILES string of the molecule is Cc1[nH]c(-c2ncccc2Cl)nc1C(=O)O. The molecule has 2 aromatic heterocycles. The Bertz CT molecular complexity index is 551. The lowest BCUT2D eigenvalue weighted by molar-refractivity contribution is 0.0690. The molecule has 0 saturated heterocycles. The number of aromatic amines is 1. The molecule has 2 aromatic rings. The molecule has 2 rings (SSSR count). The van der Waals surface area contributed by atoms with Crippen LogP contribution >= 0.6 is 11.6 Å². The Balaban J connectivity index is 2.54. The van der Waals surface area contributed by atoms with Gasteiger partial charge in [-0.1, -0.05) is 11.6 Å². The lowest BCUT2D eigenvalue weighted by Gasteiger charge is -1.97. The number of aryl methyl sites for hydroxylation is 1. The van der Waals surface area contributed by atoms with Gasteiger partial charge in [-0.2, -0.15) is 0 Å². The number of nitrogens with one attached hydrogen (secondary N) is 1. The fraction of sp³-hybridized carbons (Fsp3) is 0.100. The van der Waals surface area contributed by atoms with Gasteiger partial charge in [0.2, 0.25) is 0 Å². The van der Waals surface area contributed by atoms with Crippen molar-refractivity contribution < 1.29 is 9.90 Å². The van der Waals surface area contributed by atoms with E-state index in [1.165, 1.54) is 0 Å². The van der Waals surface area contributed by atoms with E-state index in [9.17, 15) is 4.79 Å². The highest BCUT2D eigenvalue weighted by Gasteiger charge is 2.16. The molecule has 0 aliphatic rings. The first kappa shape index (κ1) is 10.6. The Labute approximate surface area is 96.1 Å². The summed E-state index contributed by atoms with van der Waals surface area (Å²) in [6, 6.07) is 3.36. The first-order valence-corrected chi connectivity index (χ1v) is 4.88. The number of pyridine rings is 1. The summed E-state index contributed by atoms with van der Waals surface area (Å²) < 4.78 is 0. The maximum atomic E-state index is 10.8. The summed E-state index contributed by atoms with van der Waals surface area (Å²) in [6.45, 7) is 1.64. The topological polar surface area (TPSA) is 78.9 Å². The van der Waals surface area contributed by atoms with Gasteiger partial charge in [-0.25, -0.2) is 9.78 Å². The van der Waals surface area contributed by atoms with Crippen LogP contribution in [0.1, 0.15) is 16.2 Å². The minimum atomic E-state index is -1.08. The van der Waals surface area contributed by atoms with Crippen molar-refractivity contribution in [3.63, 3.8) is 0 Å². The van der Waals surface area contributed by atoms with E-state index in [0.29, 0.717) is 22.2 Å². The van der Waals surface area contributed by atoms with E-state index in [1.54, 1.807) is 25.3 Å². The van der Waals surface area contributed by atoms with Crippen LogP contribution in [0, 0.1) is 6.92 Å². The summed E-state index contributed by atoms with van der Waals surface area (Å²) in [6.07, 6.45) is 1.57. The van der Waals surface area contributed by atoms with E-state index < -0.39 is 5.97 Å². The van der Waals surface area contributed by atoms with Gasteiger partial charge >= 0.3 is 5.97 Å². The van der Waals surface area contributed by atoms with Crippen LogP contribution in [0.2, 0.25) is 5.02 Å². The maximum Gasteiger partial charge on any atom is 0.356 e. The predicted molar refractivity (Wildman–Crippen MR) is 58.5 cm³/mol. The zero-order valence-electron chi connectivity index (χ0n) is 8.36. The summed E-state index contributed by atoms with van der Waals surface area (Å²) in [5.41, 5.74) is 0.903. The Hall–Kier alpha value is -1.88. The number of halogens is 1. The minimum Gasteiger partial charge on any atom is -0.476 e. The zero-order valence-corrected chi connectivity index (χ0v) is 9.12. The Morgan fingerprint density at radius 3 is 2.88 bits per heavy atom. The normalized spacial score (nSPS) is 10.4. The summed E-state index contributed by atoms with van der Waals surface area (Å²) in [5, 5.41) is 9.28. The Kier molecular flexibility index (Phi) is 2.62. The van der Waals surface area contributed by atoms with Gasteiger partial charge in [0, 0.05) is 11.9 Å². The second-order valence-corrected chi connectivity index (χ2v) is 3.61. The zero-order chi connectivity index (χ0) is 11.7. The first-order chi connectivity index (χ1) is 7.59. The van der Waals surface area contributed by atoms with Gasteiger partial charge in [0.15, 0.2) is 11.5 Å². The number of imidazole rings is 1. The number of carboxylic acids is 1. The molecule has 0 aliphatic carbocycles. The lowest BCUT2D eigenvalue weighted by Crippen LogP contribution is -1.98. The monoisotopic (exact) mass is 237 g/mol. The van der Waals surface area contributed by atoms with Crippen LogP contribution in [0.4, 0.5) is 0 Å². The fourth-order valence-electron chi connectivity index (χ4n) is 1.34. The molecule has 6 heteroatoms. The van der Waals surface area contributed by atoms with Gasteiger partial charge in [-0.05, 0) is 19.1 Å². The fourth-order valence-corrected chi connectivity index (χ4v) is 1.55. The van der Waals surface area contributed by atoms with E-state index in [2.05, 4.69) is 15.0 Å². The number of hydrogen-bond acceptors (Lipinski definition) is 3. The van der Waals surface area contributed by atoms with E-state index >= 15 is 0 Å². The molecular weight excluding hydrogens is 230 g/mol. The van der Waals surface area contributed by atoms with Crippen molar-refractivity contribution in [2.75, 3.05) is 0 Å². The van der Waals surface area contributed by atoms with Crippen molar-refractivity contribution >= 4 is 17.6 Å². The molecule has 82 valence electrons. The number of carbonyl (C=O) groups is 1. The van der Waals surface area contributed by atoms with Gasteiger partial charge in [-0.15, -0.1) is 0 Å². The third-order valence-corrected chi connectivity index (χ3v) is 2.38. The van der Waals surface area contributed by atoms with Crippen LogP contribution < -0.4 is 0 Å². The molecule has 0 fully saturated rings. The molecular formula is C10H8ClN3O2. The molecule has 0 saturated carbocycles. The Morgan fingerprint density at radius 1 is 1.56 bits per heavy atom. The van der Waals surface area contributed by atoms with E-state index in [-0.39, 0.29) is 5.69 Å². The maximum absolute atomic E-state index is 10.8. The molecule has 0 atom stereocenters. The van der Waals surface area contributed by atoms with E-state index in [1.807, 2.05) is 0 Å². The molecule has 0 amide bonds. The lowest BCUT2D eigenvalue weighted by atomic mass is 10.3. The van der Waals surface area contributed by atoms with Crippen molar-refractivity contribution in [2.24, 2.45) is 0 Å². The van der Waals surface area contributed by atoms with Crippen LogP contribution in [0.25, 0.3) is 11.5 Å². The second-order valence-electron chi connectivity index (χ2n) is 3.20. The standard InChI is InChI=1S/C10H8ClN3O2/c1-5-7(10(15)16)14-9(13-5)8-6(11)3-2-4-12-8/h2-4H,1H3,(H,13,14)(H,15,16). The molecule has 0 aliphatic heterocycles. The van der Waals surface area contributed by atoms with Gasteiger partial charge < -0.3 is 10.1 Å². The molecule has 5 nitrogen and oxygen atoms in total. The second kappa shape index (κ2) is 3.94. The van der Waals surface area contributed by atoms with Crippen molar-refractivity contribution in [3.8, 4) is 11.5 Å². The number of carboxylic acid groups (broad SMARTS) is 1. The number of hydrogen-bond donors (Lipinski definition) is 2. The molecule has 0 bridgehead atoms. The van der Waals surface area contributed by atoms with Gasteiger partial charge in [-0.3, -0.25) is 4.98 Å². The molecule has 0 spiro atoms. The van der Waals surface area contributed by atoms with Crippen LogP contribution in [0.5, 0.6) is 0 Å². The third-order valence-electron chi connectivity index (χ3n) is 2.07. The van der Waals surface area contributed by atoms with E-state index in [4.69, 9.17) is 16.7 Å². The highest BCUT2D eigenvalue weighted by molar-refractivity contribution is 6.32. The van der Waals surface area contributed by atoms with Gasteiger partial charge in [0.1, 0.15) is 5.69 Å². The highest BCUT2D eigenvalue weighted by atomic mass is 35.5.